The monoisotopic (exact) mass is 702 g/mol. The number of fused-ring (bicyclic) bond motifs is 12. The van der Waals surface area contributed by atoms with Crippen molar-refractivity contribution in [3.05, 3.63) is 180 Å². The van der Waals surface area contributed by atoms with E-state index in [0.717, 1.165) is 17.1 Å². The van der Waals surface area contributed by atoms with Crippen LogP contribution in [0.1, 0.15) is 49.9 Å². The zero-order valence-electron chi connectivity index (χ0n) is 31.4. The Morgan fingerprint density at radius 1 is 0.309 bits per heavy atom. The molecular formula is C54H38O. The predicted molar refractivity (Wildman–Crippen MR) is 230 cm³/mol. The van der Waals surface area contributed by atoms with Gasteiger partial charge in [0.25, 0.3) is 0 Å². The molecule has 0 fully saturated rings. The van der Waals surface area contributed by atoms with Crippen LogP contribution in [-0.4, -0.2) is 0 Å². The highest BCUT2D eigenvalue weighted by Crippen LogP contribution is 2.54. The zero-order chi connectivity index (χ0) is 36.8. The van der Waals surface area contributed by atoms with Gasteiger partial charge < -0.3 is 4.74 Å². The Labute approximate surface area is 321 Å². The number of hydrogen-bond donors (Lipinski definition) is 0. The lowest BCUT2D eigenvalue weighted by Gasteiger charge is -2.25. The molecule has 0 aromatic heterocycles. The summed E-state index contributed by atoms with van der Waals surface area (Å²) in [5.41, 5.74) is 18.1. The molecule has 0 saturated carbocycles. The maximum atomic E-state index is 6.85. The average molecular weight is 703 g/mol. The third kappa shape index (κ3) is 4.08. The Balaban J connectivity index is 1.02. The Morgan fingerprint density at radius 3 is 1.53 bits per heavy atom. The molecule has 2 aliphatic carbocycles. The first-order valence-corrected chi connectivity index (χ1v) is 19.5. The van der Waals surface area contributed by atoms with Crippen LogP contribution < -0.4 is 4.74 Å². The molecule has 9 aromatic carbocycles. The lowest BCUT2D eigenvalue weighted by Crippen LogP contribution is -2.14. The molecule has 0 N–H and O–H groups in total. The molecule has 0 amide bonds. The van der Waals surface area contributed by atoms with Gasteiger partial charge in [0.1, 0.15) is 11.5 Å². The molecule has 0 bridgehead atoms. The molecule has 1 heteroatoms. The van der Waals surface area contributed by atoms with Crippen molar-refractivity contribution in [2.45, 2.75) is 38.5 Å². The highest BCUT2D eigenvalue weighted by atomic mass is 16.5. The molecule has 1 nitrogen and oxygen atoms in total. The summed E-state index contributed by atoms with van der Waals surface area (Å²) in [6, 6.07) is 59.0. The second-order valence-electron chi connectivity index (χ2n) is 16.8. The second kappa shape index (κ2) is 10.6. The Hall–Kier alpha value is -6.44. The third-order valence-electron chi connectivity index (χ3n) is 13.3. The summed E-state index contributed by atoms with van der Waals surface area (Å²) in [5, 5.41) is 7.47. The zero-order valence-corrected chi connectivity index (χ0v) is 31.4. The molecular weight excluding hydrogens is 665 g/mol. The fraction of sp³-hybridized carbons (Fsp3) is 0.111. The molecule has 9 aromatic rings. The molecule has 0 spiro atoms. The summed E-state index contributed by atoms with van der Waals surface area (Å²) >= 11 is 0. The summed E-state index contributed by atoms with van der Waals surface area (Å²) in [7, 11) is 0. The normalized spacial score (nSPS) is 15.0. The van der Waals surface area contributed by atoms with Gasteiger partial charge in [0, 0.05) is 21.8 Å². The molecule has 0 saturated heterocycles. The minimum absolute atomic E-state index is 0.0477. The Bertz CT molecular complexity index is 3170. The van der Waals surface area contributed by atoms with Crippen LogP contribution in [0.15, 0.2) is 158 Å². The smallest absolute Gasteiger partial charge is 0.135 e. The van der Waals surface area contributed by atoms with Crippen LogP contribution >= 0.6 is 0 Å². The lowest BCUT2D eigenvalue weighted by atomic mass is 9.81. The highest BCUT2D eigenvalue weighted by molar-refractivity contribution is 6.25. The van der Waals surface area contributed by atoms with Gasteiger partial charge in [0.05, 0.1) is 0 Å². The van der Waals surface area contributed by atoms with Crippen molar-refractivity contribution in [2.24, 2.45) is 0 Å². The number of ether oxygens (including phenoxy) is 1. The first-order valence-electron chi connectivity index (χ1n) is 19.5. The van der Waals surface area contributed by atoms with Crippen LogP contribution in [0, 0.1) is 0 Å². The van der Waals surface area contributed by atoms with Crippen molar-refractivity contribution in [2.75, 3.05) is 0 Å². The van der Waals surface area contributed by atoms with Gasteiger partial charge in [-0.15, -0.1) is 0 Å². The van der Waals surface area contributed by atoms with E-state index >= 15 is 0 Å². The summed E-state index contributed by atoms with van der Waals surface area (Å²) in [6.45, 7) is 9.41. The van der Waals surface area contributed by atoms with Crippen molar-refractivity contribution in [1.82, 2.24) is 0 Å². The standard InChI is InChI=1S/C54H38O/c1-53(2)46-17-9-7-14-36(46)38-23-20-31(26-48(38)53)32-21-25-40-45-30-43-35-13-6-5-12-34(35)42(29-44(43)41-16-11-19-50(52(41)45)55-51(40)28-32)33-22-24-39-37-15-8-10-18-47(37)54(3,4)49(39)27-33/h5-30H,1-4H3. The van der Waals surface area contributed by atoms with Crippen molar-refractivity contribution in [3.63, 3.8) is 0 Å². The SMILES string of the molecule is CC1(C)c2ccccc2-c2ccc(-c3ccc4c(c3)Oc3cccc5c3c-4cc3c4ccccc4c(-c4ccc6c(c4)C(C)(C)c4ccccc4-6)cc53)cc21. The van der Waals surface area contributed by atoms with Crippen LogP contribution in [0.5, 0.6) is 11.5 Å². The van der Waals surface area contributed by atoms with Gasteiger partial charge >= 0.3 is 0 Å². The largest absolute Gasteiger partial charge is 0.456 e. The van der Waals surface area contributed by atoms with Crippen LogP contribution in [0.3, 0.4) is 0 Å². The maximum Gasteiger partial charge on any atom is 0.135 e. The van der Waals surface area contributed by atoms with Gasteiger partial charge in [-0.25, -0.2) is 0 Å². The Kier molecular flexibility index (Phi) is 5.98. The van der Waals surface area contributed by atoms with Gasteiger partial charge in [-0.05, 0) is 142 Å². The molecule has 1 heterocycles. The fourth-order valence-corrected chi connectivity index (χ4v) is 10.4. The van der Waals surface area contributed by atoms with E-state index in [1.807, 2.05) is 0 Å². The van der Waals surface area contributed by atoms with Crippen molar-refractivity contribution in [1.29, 1.82) is 0 Å². The highest BCUT2D eigenvalue weighted by Gasteiger charge is 2.37. The molecule has 12 rings (SSSR count). The van der Waals surface area contributed by atoms with Crippen LogP contribution in [-0.2, 0) is 10.8 Å². The molecule has 260 valence electrons. The van der Waals surface area contributed by atoms with E-state index in [1.54, 1.807) is 0 Å². The van der Waals surface area contributed by atoms with Crippen molar-refractivity contribution >= 4 is 32.3 Å². The fourth-order valence-electron chi connectivity index (χ4n) is 10.4. The van der Waals surface area contributed by atoms with Crippen molar-refractivity contribution in [3.8, 4) is 67.1 Å². The summed E-state index contributed by atoms with van der Waals surface area (Å²) < 4.78 is 6.85. The van der Waals surface area contributed by atoms with E-state index in [9.17, 15) is 0 Å². The van der Waals surface area contributed by atoms with Gasteiger partial charge in [-0.1, -0.05) is 143 Å². The lowest BCUT2D eigenvalue weighted by molar-refractivity contribution is 0.487. The van der Waals surface area contributed by atoms with E-state index in [0.29, 0.717) is 0 Å². The molecule has 1 aliphatic heterocycles. The van der Waals surface area contributed by atoms with Crippen LogP contribution in [0.2, 0.25) is 0 Å². The minimum atomic E-state index is -0.0598. The third-order valence-corrected chi connectivity index (χ3v) is 13.3. The molecule has 0 atom stereocenters. The summed E-state index contributed by atoms with van der Waals surface area (Å²) in [6.07, 6.45) is 0. The van der Waals surface area contributed by atoms with E-state index < -0.39 is 0 Å². The van der Waals surface area contributed by atoms with Gasteiger partial charge in [0.15, 0.2) is 0 Å². The number of rotatable bonds is 2. The summed E-state index contributed by atoms with van der Waals surface area (Å²) in [5.74, 6) is 1.82. The van der Waals surface area contributed by atoms with Crippen molar-refractivity contribution < 1.29 is 4.74 Å². The molecule has 55 heavy (non-hydrogen) atoms. The van der Waals surface area contributed by atoms with E-state index in [-0.39, 0.29) is 10.8 Å². The maximum absolute atomic E-state index is 6.85. The Morgan fingerprint density at radius 2 is 0.818 bits per heavy atom. The second-order valence-corrected chi connectivity index (χ2v) is 16.8. The minimum Gasteiger partial charge on any atom is -0.456 e. The van der Waals surface area contributed by atoms with E-state index in [4.69, 9.17) is 4.74 Å². The predicted octanol–water partition coefficient (Wildman–Crippen LogP) is 14.9. The molecule has 0 unspecified atom stereocenters. The average Bonchev–Trinajstić information content (AvgIpc) is 3.59. The van der Waals surface area contributed by atoms with Gasteiger partial charge in [-0.2, -0.15) is 0 Å². The van der Waals surface area contributed by atoms with E-state index in [2.05, 4.69) is 185 Å². The van der Waals surface area contributed by atoms with Crippen LogP contribution in [0.25, 0.3) is 88.0 Å². The van der Waals surface area contributed by atoms with E-state index in [1.165, 1.54) is 105 Å². The summed E-state index contributed by atoms with van der Waals surface area (Å²) in [4.78, 5) is 0. The van der Waals surface area contributed by atoms with Gasteiger partial charge in [0.2, 0.25) is 0 Å². The molecule has 3 aliphatic rings. The number of hydrogen-bond acceptors (Lipinski definition) is 1. The van der Waals surface area contributed by atoms with Crippen LogP contribution in [0.4, 0.5) is 0 Å². The first-order chi connectivity index (χ1) is 26.8. The quantitative estimate of drug-likeness (QED) is 0.163. The first kappa shape index (κ1) is 31.0. The van der Waals surface area contributed by atoms with Gasteiger partial charge in [-0.3, -0.25) is 0 Å². The number of benzene rings is 9. The molecule has 0 radical (unpaired) electrons. The topological polar surface area (TPSA) is 9.23 Å².